The lowest BCUT2D eigenvalue weighted by Crippen LogP contribution is -2.50. The zero-order valence-electron chi connectivity index (χ0n) is 27.8. The van der Waals surface area contributed by atoms with E-state index in [0.29, 0.717) is 35.7 Å². The number of carbonyl (C=O) groups excluding carboxylic acids is 2. The molecular formula is C36H37IN4O7S. The van der Waals surface area contributed by atoms with Gasteiger partial charge in [0.05, 0.1) is 29.9 Å². The molecule has 3 heterocycles. The molecule has 3 aromatic carbocycles. The second kappa shape index (κ2) is 13.2. The predicted molar refractivity (Wildman–Crippen MR) is 194 cm³/mol. The van der Waals surface area contributed by atoms with Crippen molar-refractivity contribution in [1.82, 2.24) is 9.88 Å². The molecule has 256 valence electrons. The SMILES string of the molecule is CCOc1ncccc1C1(Nc2ccc(C3CN(C(=O)OC(C)(C)C)C3)cc2)C(=O)N(S(=O)(=O)c2ccc(OC)cc2)c2ccc(I)cc21. The molecule has 2 aliphatic heterocycles. The summed E-state index contributed by atoms with van der Waals surface area (Å²) in [6.45, 7) is 8.67. The summed E-state index contributed by atoms with van der Waals surface area (Å²) in [5.74, 6) is 0.0780. The number of fused-ring (bicyclic) bond motifs is 1. The smallest absolute Gasteiger partial charge is 0.410 e. The van der Waals surface area contributed by atoms with Crippen molar-refractivity contribution >= 4 is 56.0 Å². The molecule has 0 aliphatic carbocycles. The number of methoxy groups -OCH3 is 1. The summed E-state index contributed by atoms with van der Waals surface area (Å²) in [6.07, 6.45) is 1.23. The van der Waals surface area contributed by atoms with Crippen LogP contribution in [0.5, 0.6) is 11.6 Å². The minimum absolute atomic E-state index is 0.0663. The number of nitrogens with one attached hydrogen (secondary N) is 1. The Kier molecular flexibility index (Phi) is 9.26. The molecule has 13 heteroatoms. The number of carbonyl (C=O) groups is 2. The van der Waals surface area contributed by atoms with E-state index in [9.17, 15) is 13.2 Å². The molecule has 1 atom stereocenters. The fourth-order valence-corrected chi connectivity index (χ4v) is 8.01. The Morgan fingerprint density at radius 1 is 1.02 bits per heavy atom. The molecule has 1 saturated heterocycles. The first-order valence-corrected chi connectivity index (χ1v) is 18.3. The van der Waals surface area contributed by atoms with Crippen LogP contribution in [-0.4, -0.2) is 62.7 Å². The topological polar surface area (TPSA) is 127 Å². The summed E-state index contributed by atoms with van der Waals surface area (Å²) in [7, 11) is -2.90. The van der Waals surface area contributed by atoms with E-state index in [1.54, 1.807) is 53.6 Å². The lowest BCUT2D eigenvalue weighted by molar-refractivity contribution is -0.120. The number of sulfonamides is 1. The van der Waals surface area contributed by atoms with Crippen LogP contribution in [0, 0.1) is 3.57 Å². The average Bonchev–Trinajstić information content (AvgIpc) is 3.28. The molecule has 0 spiro atoms. The molecule has 4 aromatic rings. The van der Waals surface area contributed by atoms with Crippen molar-refractivity contribution in [2.75, 3.05) is 36.4 Å². The van der Waals surface area contributed by atoms with Crippen molar-refractivity contribution in [2.45, 2.75) is 49.6 Å². The van der Waals surface area contributed by atoms with Crippen molar-refractivity contribution in [1.29, 1.82) is 0 Å². The predicted octanol–water partition coefficient (Wildman–Crippen LogP) is 6.52. The third kappa shape index (κ3) is 6.41. The van der Waals surface area contributed by atoms with Gasteiger partial charge >= 0.3 is 6.09 Å². The van der Waals surface area contributed by atoms with Gasteiger partial charge in [-0.25, -0.2) is 18.2 Å². The number of likely N-dealkylation sites (tertiary alicyclic amines) is 1. The van der Waals surface area contributed by atoms with Crippen LogP contribution in [0.25, 0.3) is 0 Å². The van der Waals surface area contributed by atoms with E-state index in [-0.39, 0.29) is 35.1 Å². The van der Waals surface area contributed by atoms with Gasteiger partial charge in [-0.05, 0) is 123 Å². The molecule has 49 heavy (non-hydrogen) atoms. The lowest BCUT2D eigenvalue weighted by Gasteiger charge is -2.40. The van der Waals surface area contributed by atoms with Crippen molar-refractivity contribution < 1.29 is 32.2 Å². The van der Waals surface area contributed by atoms with Crippen molar-refractivity contribution in [3.05, 3.63) is 105 Å². The number of ether oxygens (including phenoxy) is 3. The minimum Gasteiger partial charge on any atom is -0.497 e. The molecule has 1 fully saturated rings. The molecule has 0 radical (unpaired) electrons. The van der Waals surface area contributed by atoms with E-state index < -0.39 is 27.1 Å². The first kappa shape index (κ1) is 34.5. The third-order valence-electron chi connectivity index (χ3n) is 8.39. The fraction of sp³-hybridized carbons (Fsp3) is 0.306. The minimum atomic E-state index is -4.39. The van der Waals surface area contributed by atoms with Crippen molar-refractivity contribution in [2.24, 2.45) is 0 Å². The van der Waals surface area contributed by atoms with Crippen LogP contribution in [0.4, 0.5) is 16.2 Å². The lowest BCUT2D eigenvalue weighted by atomic mass is 9.83. The second-order valence-corrected chi connectivity index (χ2v) is 15.8. The summed E-state index contributed by atoms with van der Waals surface area (Å²) < 4.78 is 47.0. The summed E-state index contributed by atoms with van der Waals surface area (Å²) in [6, 6.07) is 22.1. The number of hydrogen-bond acceptors (Lipinski definition) is 9. The normalized spacial score (nSPS) is 17.7. The number of hydrogen-bond donors (Lipinski definition) is 1. The number of rotatable bonds is 9. The van der Waals surface area contributed by atoms with Crippen LogP contribution in [0.15, 0.2) is 90.0 Å². The average molecular weight is 797 g/mol. The van der Waals surface area contributed by atoms with Gasteiger partial charge in [0.25, 0.3) is 15.9 Å². The summed E-state index contributed by atoms with van der Waals surface area (Å²) in [5, 5.41) is 3.45. The highest BCUT2D eigenvalue weighted by atomic mass is 127. The number of pyridine rings is 1. The first-order valence-electron chi connectivity index (χ1n) is 15.8. The van der Waals surface area contributed by atoms with E-state index in [1.165, 1.54) is 19.2 Å². The summed E-state index contributed by atoms with van der Waals surface area (Å²) >= 11 is 2.15. The van der Waals surface area contributed by atoms with Gasteiger partial charge in [-0.3, -0.25) is 4.79 Å². The second-order valence-electron chi connectivity index (χ2n) is 12.8. The highest BCUT2D eigenvalue weighted by Gasteiger charge is 2.58. The number of aromatic nitrogens is 1. The van der Waals surface area contributed by atoms with Crippen molar-refractivity contribution in [3.8, 4) is 11.6 Å². The molecule has 2 amide bonds. The maximum Gasteiger partial charge on any atom is 0.410 e. The molecular weight excluding hydrogens is 759 g/mol. The van der Waals surface area contributed by atoms with Gasteiger partial charge < -0.3 is 24.4 Å². The Morgan fingerprint density at radius 3 is 2.35 bits per heavy atom. The highest BCUT2D eigenvalue weighted by molar-refractivity contribution is 14.1. The largest absolute Gasteiger partial charge is 0.497 e. The molecule has 0 saturated carbocycles. The van der Waals surface area contributed by atoms with Crippen LogP contribution in [0.3, 0.4) is 0 Å². The van der Waals surface area contributed by atoms with E-state index in [0.717, 1.165) is 13.4 Å². The first-order chi connectivity index (χ1) is 23.3. The number of amides is 2. The van der Waals surface area contributed by atoms with Gasteiger partial charge in [-0.2, -0.15) is 4.31 Å². The molecule has 1 N–H and O–H groups in total. The standard InChI is InChI=1S/C36H37IN4O7S/c1-6-47-32-29(8-7-19-38-32)36(39-26-12-9-23(10-13-26)24-21-40(22-24)34(43)48-35(2,3)4)30-20-25(37)11-18-31(30)41(33(36)42)49(44,45)28-16-14-27(46-5)15-17-28/h7-20,24,39H,6,21-22H2,1-5H3. The number of nitrogens with zero attached hydrogens (tertiary/aromatic N) is 3. The van der Waals surface area contributed by atoms with Crippen LogP contribution in [0.2, 0.25) is 0 Å². The molecule has 1 aromatic heterocycles. The maximum atomic E-state index is 15.1. The Morgan fingerprint density at radius 2 is 1.71 bits per heavy atom. The van der Waals surface area contributed by atoms with Gasteiger partial charge in [0.1, 0.15) is 11.4 Å². The Balaban J connectivity index is 1.41. The quantitative estimate of drug-likeness (QED) is 0.189. The van der Waals surface area contributed by atoms with E-state index in [1.807, 2.05) is 52.0 Å². The molecule has 11 nitrogen and oxygen atoms in total. The van der Waals surface area contributed by atoms with Gasteiger partial charge in [0.2, 0.25) is 5.88 Å². The Hall–Kier alpha value is -4.37. The van der Waals surface area contributed by atoms with E-state index in [2.05, 4.69) is 32.9 Å². The third-order valence-corrected chi connectivity index (χ3v) is 10.8. The monoisotopic (exact) mass is 796 g/mol. The van der Waals surface area contributed by atoms with Gasteiger partial charge in [-0.1, -0.05) is 12.1 Å². The molecule has 6 rings (SSSR count). The van der Waals surface area contributed by atoms with Crippen LogP contribution >= 0.6 is 22.6 Å². The number of halogens is 1. The Labute approximate surface area is 299 Å². The van der Waals surface area contributed by atoms with Gasteiger partial charge in [0.15, 0.2) is 5.54 Å². The molecule has 0 bridgehead atoms. The highest BCUT2D eigenvalue weighted by Crippen LogP contribution is 2.51. The molecule has 1 unspecified atom stereocenters. The number of anilines is 2. The van der Waals surface area contributed by atoms with Crippen LogP contribution < -0.4 is 19.1 Å². The maximum absolute atomic E-state index is 15.1. The van der Waals surface area contributed by atoms with Crippen LogP contribution in [0.1, 0.15) is 50.3 Å². The fourth-order valence-electron chi connectivity index (χ4n) is 6.05. The zero-order chi connectivity index (χ0) is 35.1. The van der Waals surface area contributed by atoms with E-state index >= 15 is 4.79 Å². The zero-order valence-corrected chi connectivity index (χ0v) is 30.7. The number of benzene rings is 3. The van der Waals surface area contributed by atoms with Crippen molar-refractivity contribution in [3.63, 3.8) is 0 Å². The van der Waals surface area contributed by atoms with Gasteiger partial charge in [0, 0.05) is 40.0 Å². The molecule has 2 aliphatic rings. The summed E-state index contributed by atoms with van der Waals surface area (Å²) in [5.41, 5.74) is 0.306. The van der Waals surface area contributed by atoms with Crippen LogP contribution in [-0.2, 0) is 25.1 Å². The Bertz CT molecular complexity index is 1990. The summed E-state index contributed by atoms with van der Waals surface area (Å²) in [4.78, 5) is 33.6. The van der Waals surface area contributed by atoms with Gasteiger partial charge in [-0.15, -0.1) is 0 Å². The van der Waals surface area contributed by atoms with E-state index in [4.69, 9.17) is 14.2 Å².